The molecule has 0 radical (unpaired) electrons. The van der Waals surface area contributed by atoms with Gasteiger partial charge in [-0.1, -0.05) is 29.8 Å². The zero-order valence-electron chi connectivity index (χ0n) is 14.2. The number of para-hydroxylation sites is 1. The summed E-state index contributed by atoms with van der Waals surface area (Å²) < 4.78 is 5.27. The maximum atomic E-state index is 12.5. The van der Waals surface area contributed by atoms with E-state index in [2.05, 4.69) is 10.6 Å². The molecule has 0 aliphatic carbocycles. The summed E-state index contributed by atoms with van der Waals surface area (Å²) >= 11 is 6.05. The zero-order chi connectivity index (χ0) is 18.4. The van der Waals surface area contributed by atoms with Crippen molar-refractivity contribution in [3.05, 3.63) is 59.1 Å². The van der Waals surface area contributed by atoms with Gasteiger partial charge in [-0.05, 0) is 30.3 Å². The molecule has 0 aromatic heterocycles. The maximum absolute atomic E-state index is 12.5. The first-order valence-electron chi connectivity index (χ1n) is 8.39. The molecule has 2 aromatic carbocycles. The molecular weight excluding hydrogens is 354 g/mol. The van der Waals surface area contributed by atoms with E-state index < -0.39 is 0 Å². The third kappa shape index (κ3) is 4.74. The highest BCUT2D eigenvalue weighted by atomic mass is 35.5. The Morgan fingerprint density at radius 1 is 1.08 bits per heavy atom. The minimum atomic E-state index is -0.221. The van der Waals surface area contributed by atoms with Crippen molar-refractivity contribution >= 4 is 34.8 Å². The van der Waals surface area contributed by atoms with Crippen LogP contribution in [0.5, 0.6) is 0 Å². The Kier molecular flexibility index (Phi) is 6.09. The summed E-state index contributed by atoms with van der Waals surface area (Å²) in [6.45, 7) is 2.34. The molecule has 7 heteroatoms. The summed E-state index contributed by atoms with van der Waals surface area (Å²) in [5.74, 6) is -0.278. The predicted molar refractivity (Wildman–Crippen MR) is 102 cm³/mol. The summed E-state index contributed by atoms with van der Waals surface area (Å²) in [5, 5.41) is 6.33. The molecule has 136 valence electrons. The van der Waals surface area contributed by atoms with E-state index >= 15 is 0 Å². The van der Waals surface area contributed by atoms with E-state index in [1.165, 1.54) is 0 Å². The molecule has 0 unspecified atom stereocenters. The van der Waals surface area contributed by atoms with Crippen molar-refractivity contribution in [2.24, 2.45) is 0 Å². The second-order valence-electron chi connectivity index (χ2n) is 5.87. The van der Waals surface area contributed by atoms with Crippen LogP contribution in [0.25, 0.3) is 0 Å². The lowest BCUT2D eigenvalue weighted by molar-refractivity contribution is -0.114. The monoisotopic (exact) mass is 373 g/mol. The molecule has 1 saturated heterocycles. The van der Waals surface area contributed by atoms with Crippen molar-refractivity contribution < 1.29 is 14.3 Å². The van der Waals surface area contributed by atoms with Gasteiger partial charge in [0.05, 0.1) is 30.5 Å². The third-order valence-electron chi connectivity index (χ3n) is 4.00. The van der Waals surface area contributed by atoms with Gasteiger partial charge < -0.3 is 20.3 Å². The first kappa shape index (κ1) is 18.2. The van der Waals surface area contributed by atoms with Crippen molar-refractivity contribution in [3.8, 4) is 0 Å². The molecular formula is C19H20ClN3O3. The summed E-state index contributed by atoms with van der Waals surface area (Å²) in [5.41, 5.74) is 1.82. The highest BCUT2D eigenvalue weighted by molar-refractivity contribution is 6.33. The Balaban J connectivity index is 1.58. The largest absolute Gasteiger partial charge is 0.378 e. The second-order valence-corrected chi connectivity index (χ2v) is 6.27. The summed E-state index contributed by atoms with van der Waals surface area (Å²) in [6, 6.07) is 14.2. The first-order valence-corrected chi connectivity index (χ1v) is 8.76. The van der Waals surface area contributed by atoms with Gasteiger partial charge in [-0.2, -0.15) is 0 Å². The Hall–Kier alpha value is -2.57. The lowest BCUT2D eigenvalue weighted by atomic mass is 10.1. The Morgan fingerprint density at radius 2 is 1.85 bits per heavy atom. The molecule has 0 atom stereocenters. The average molecular weight is 374 g/mol. The number of hydrogen-bond donors (Lipinski definition) is 2. The number of morpholine rings is 1. The van der Waals surface area contributed by atoms with E-state index in [0.29, 0.717) is 48.3 Å². The van der Waals surface area contributed by atoms with Gasteiger partial charge in [-0.15, -0.1) is 0 Å². The third-order valence-corrected chi connectivity index (χ3v) is 4.33. The minimum Gasteiger partial charge on any atom is -0.378 e. The highest BCUT2D eigenvalue weighted by Crippen LogP contribution is 2.20. The average Bonchev–Trinajstić information content (AvgIpc) is 2.68. The van der Waals surface area contributed by atoms with E-state index in [1.807, 2.05) is 12.1 Å². The van der Waals surface area contributed by atoms with E-state index in [0.717, 1.165) is 0 Å². The molecule has 1 fully saturated rings. The lowest BCUT2D eigenvalue weighted by Gasteiger charge is -2.27. The van der Waals surface area contributed by atoms with Gasteiger partial charge in [0.2, 0.25) is 5.91 Å². The van der Waals surface area contributed by atoms with Gasteiger partial charge in [-0.3, -0.25) is 9.59 Å². The Labute approximate surface area is 157 Å². The van der Waals surface area contributed by atoms with Crippen LogP contribution >= 0.6 is 11.6 Å². The van der Waals surface area contributed by atoms with Crippen molar-refractivity contribution in [1.82, 2.24) is 4.90 Å². The van der Waals surface area contributed by atoms with Crippen LogP contribution in [0.15, 0.2) is 48.5 Å². The fourth-order valence-corrected chi connectivity index (χ4v) is 2.87. The van der Waals surface area contributed by atoms with E-state index in [9.17, 15) is 9.59 Å². The SMILES string of the molecule is O=C(CNc1ccccc1Cl)Nc1cccc(C(=O)N2CCOCC2)c1. The molecule has 2 aromatic rings. The fourth-order valence-electron chi connectivity index (χ4n) is 2.66. The Morgan fingerprint density at radius 3 is 2.62 bits per heavy atom. The minimum absolute atomic E-state index is 0.0569. The van der Waals surface area contributed by atoms with Gasteiger partial charge in [0.25, 0.3) is 5.91 Å². The number of halogens is 1. The number of rotatable bonds is 5. The van der Waals surface area contributed by atoms with Gasteiger partial charge in [0, 0.05) is 24.3 Å². The normalized spacial score (nSPS) is 14.0. The summed E-state index contributed by atoms with van der Waals surface area (Å²) in [6.07, 6.45) is 0. The van der Waals surface area contributed by atoms with E-state index in [-0.39, 0.29) is 18.4 Å². The lowest BCUT2D eigenvalue weighted by Crippen LogP contribution is -2.40. The molecule has 2 amide bonds. The van der Waals surface area contributed by atoms with Crippen molar-refractivity contribution in [3.63, 3.8) is 0 Å². The van der Waals surface area contributed by atoms with Crippen LogP contribution in [-0.4, -0.2) is 49.6 Å². The van der Waals surface area contributed by atoms with Crippen LogP contribution in [0.1, 0.15) is 10.4 Å². The molecule has 6 nitrogen and oxygen atoms in total. The summed E-state index contributed by atoms with van der Waals surface area (Å²) in [4.78, 5) is 26.4. The topological polar surface area (TPSA) is 70.7 Å². The van der Waals surface area contributed by atoms with E-state index in [1.54, 1.807) is 41.3 Å². The molecule has 1 aliphatic rings. The number of carbonyl (C=O) groups excluding carboxylic acids is 2. The smallest absolute Gasteiger partial charge is 0.254 e. The van der Waals surface area contributed by atoms with Gasteiger partial charge in [-0.25, -0.2) is 0 Å². The molecule has 0 bridgehead atoms. The van der Waals surface area contributed by atoms with Crippen LogP contribution in [0.2, 0.25) is 5.02 Å². The second kappa shape index (κ2) is 8.69. The predicted octanol–water partition coefficient (Wildman–Crippen LogP) is 2.86. The van der Waals surface area contributed by atoms with Crippen molar-refractivity contribution in [1.29, 1.82) is 0 Å². The van der Waals surface area contributed by atoms with Crippen LogP contribution in [0.3, 0.4) is 0 Å². The Bertz CT molecular complexity index is 791. The van der Waals surface area contributed by atoms with Crippen molar-refractivity contribution in [2.75, 3.05) is 43.5 Å². The molecule has 0 spiro atoms. The molecule has 3 rings (SSSR count). The quantitative estimate of drug-likeness (QED) is 0.845. The summed E-state index contributed by atoms with van der Waals surface area (Å²) in [7, 11) is 0. The number of benzene rings is 2. The number of amides is 2. The molecule has 26 heavy (non-hydrogen) atoms. The number of nitrogens with zero attached hydrogens (tertiary/aromatic N) is 1. The molecule has 2 N–H and O–H groups in total. The molecule has 1 heterocycles. The van der Waals surface area contributed by atoms with E-state index in [4.69, 9.17) is 16.3 Å². The fraction of sp³-hybridized carbons (Fsp3) is 0.263. The number of anilines is 2. The van der Waals surface area contributed by atoms with Gasteiger partial charge in [0.1, 0.15) is 0 Å². The highest BCUT2D eigenvalue weighted by Gasteiger charge is 2.18. The van der Waals surface area contributed by atoms with Crippen LogP contribution in [-0.2, 0) is 9.53 Å². The number of nitrogens with one attached hydrogen (secondary N) is 2. The van der Waals surface area contributed by atoms with Gasteiger partial charge >= 0.3 is 0 Å². The van der Waals surface area contributed by atoms with Crippen molar-refractivity contribution in [2.45, 2.75) is 0 Å². The number of carbonyl (C=O) groups is 2. The number of hydrogen-bond acceptors (Lipinski definition) is 4. The molecule has 1 aliphatic heterocycles. The standard InChI is InChI=1S/C19H20ClN3O3/c20-16-6-1-2-7-17(16)21-13-18(24)22-15-5-3-4-14(12-15)19(25)23-8-10-26-11-9-23/h1-7,12,21H,8-11,13H2,(H,22,24). The maximum Gasteiger partial charge on any atom is 0.254 e. The van der Waals surface area contributed by atoms with Crippen LogP contribution in [0.4, 0.5) is 11.4 Å². The van der Waals surface area contributed by atoms with Crippen LogP contribution < -0.4 is 10.6 Å². The van der Waals surface area contributed by atoms with Gasteiger partial charge in [0.15, 0.2) is 0 Å². The number of ether oxygens (including phenoxy) is 1. The zero-order valence-corrected chi connectivity index (χ0v) is 15.0. The first-order chi connectivity index (χ1) is 12.6. The molecule has 0 saturated carbocycles. The van der Waals surface area contributed by atoms with Crippen LogP contribution in [0, 0.1) is 0 Å².